The molecule has 4 aliphatic carbocycles. The molecule has 19 nitrogen and oxygen atoms in total. The lowest BCUT2D eigenvalue weighted by Gasteiger charge is -2.65. The summed E-state index contributed by atoms with van der Waals surface area (Å²) >= 11 is 0. The summed E-state index contributed by atoms with van der Waals surface area (Å²) in [6.45, 7) is 14.5. The molecule has 7 aliphatic rings. The van der Waals surface area contributed by atoms with Gasteiger partial charge in [-0.15, -0.1) is 0 Å². The van der Waals surface area contributed by atoms with E-state index >= 15 is 4.79 Å². The van der Waals surface area contributed by atoms with E-state index in [-0.39, 0.29) is 40.3 Å². The highest BCUT2D eigenvalue weighted by atomic mass is 16.7. The van der Waals surface area contributed by atoms with E-state index in [4.69, 9.17) is 28.4 Å². The monoisotopic (exact) mass is 961 g/mol. The summed E-state index contributed by atoms with van der Waals surface area (Å²) in [6.07, 6.45) is -16.8. The standard InChI is InChI=1S/C48H80O19/c1-21(9-13-31(45(4,5)61)67-43-40(60)37(57)34(54)27(65-43)20-62-41-38(58)35(55)32(52)25(18-49)63-41)22-15-16-46(6)28-12-10-23-24(48(28,8)29(51)17-47(22,46)7)11-14-30(44(23,2)3)66-42-39(59)36(56)33(53)26(19-50)64-42/h10,21-22,24-28,30-43,49-50,52-61H,9,11-20H2,1-8H3/t21-,22?,24?,25-,26-,27-,28?,30+,31-,32-,33-,34-,35+,36+,37+,38-,39-,40-,41?,42+,43+,46+,47-,48+/m1/s1. The number of fused-ring (bicyclic) bond motifs is 5. The zero-order chi connectivity index (χ0) is 49.5. The zero-order valence-corrected chi connectivity index (χ0v) is 40.2. The predicted molar refractivity (Wildman–Crippen MR) is 234 cm³/mol. The Morgan fingerprint density at radius 3 is 1.82 bits per heavy atom. The fraction of sp³-hybridized carbons (Fsp3) is 0.938. The van der Waals surface area contributed by atoms with Gasteiger partial charge in [-0.05, 0) is 93.3 Å². The van der Waals surface area contributed by atoms with Crippen molar-refractivity contribution in [2.45, 2.75) is 217 Å². The summed E-state index contributed by atoms with van der Waals surface area (Å²) in [7, 11) is 0. The van der Waals surface area contributed by atoms with Crippen LogP contribution in [-0.4, -0.2) is 197 Å². The Morgan fingerprint density at radius 1 is 0.701 bits per heavy atom. The maximum Gasteiger partial charge on any atom is 0.187 e. The molecule has 3 saturated heterocycles. The lowest BCUT2D eigenvalue weighted by molar-refractivity contribution is -0.341. The molecule has 386 valence electrons. The molecule has 0 spiro atoms. The molecule has 0 bridgehead atoms. The Labute approximate surface area is 393 Å². The molecule has 0 aromatic rings. The minimum Gasteiger partial charge on any atom is -0.394 e. The molecular formula is C48H80O19. The maximum absolute atomic E-state index is 15.0. The number of hydrogen-bond acceptors (Lipinski definition) is 19. The van der Waals surface area contributed by atoms with Crippen molar-refractivity contribution < 1.29 is 94.5 Å². The molecule has 3 saturated carbocycles. The largest absolute Gasteiger partial charge is 0.394 e. The highest BCUT2D eigenvalue weighted by molar-refractivity contribution is 5.88. The van der Waals surface area contributed by atoms with Crippen LogP contribution in [0.2, 0.25) is 0 Å². The number of ether oxygens (including phenoxy) is 6. The van der Waals surface area contributed by atoms with E-state index in [2.05, 4.69) is 47.6 Å². The van der Waals surface area contributed by atoms with Crippen molar-refractivity contribution >= 4 is 5.78 Å². The van der Waals surface area contributed by atoms with Gasteiger partial charge in [0.15, 0.2) is 18.9 Å². The molecule has 67 heavy (non-hydrogen) atoms. The Kier molecular flexibility index (Phi) is 15.7. The Hall–Kier alpha value is -1.31. The van der Waals surface area contributed by atoms with E-state index in [0.717, 1.165) is 18.4 Å². The van der Waals surface area contributed by atoms with Crippen LogP contribution in [-0.2, 0) is 33.2 Å². The second kappa shape index (κ2) is 19.6. The molecule has 0 amide bonds. The first-order valence-corrected chi connectivity index (χ1v) is 24.4. The van der Waals surface area contributed by atoms with Gasteiger partial charge in [0, 0.05) is 17.3 Å². The molecule has 0 radical (unpaired) electrons. The van der Waals surface area contributed by atoms with Gasteiger partial charge >= 0.3 is 0 Å². The summed E-state index contributed by atoms with van der Waals surface area (Å²) in [4.78, 5) is 15.0. The molecule has 12 N–H and O–H groups in total. The van der Waals surface area contributed by atoms with Crippen molar-refractivity contribution in [2.75, 3.05) is 19.8 Å². The Bertz CT molecular complexity index is 1750. The molecule has 19 heteroatoms. The Balaban J connectivity index is 1.02. The van der Waals surface area contributed by atoms with E-state index < -0.39 is 141 Å². The van der Waals surface area contributed by atoms with Crippen molar-refractivity contribution in [1.82, 2.24) is 0 Å². The van der Waals surface area contributed by atoms with Crippen LogP contribution in [0.1, 0.15) is 107 Å². The molecule has 4 unspecified atom stereocenters. The fourth-order valence-electron chi connectivity index (χ4n) is 13.9. The van der Waals surface area contributed by atoms with Crippen LogP contribution < -0.4 is 0 Å². The summed E-state index contributed by atoms with van der Waals surface area (Å²) in [5.74, 6) is 0.485. The van der Waals surface area contributed by atoms with E-state index in [1.54, 1.807) is 13.8 Å². The van der Waals surface area contributed by atoms with E-state index in [1.807, 2.05) is 0 Å². The normalized spacial score (nSPS) is 49.9. The van der Waals surface area contributed by atoms with E-state index in [0.29, 0.717) is 38.5 Å². The summed E-state index contributed by atoms with van der Waals surface area (Å²) in [6, 6.07) is 0. The van der Waals surface area contributed by atoms with Crippen molar-refractivity contribution in [2.24, 2.45) is 45.3 Å². The van der Waals surface area contributed by atoms with Crippen molar-refractivity contribution in [3.63, 3.8) is 0 Å². The first kappa shape index (κ1) is 53.5. The fourth-order valence-corrected chi connectivity index (χ4v) is 13.9. The maximum atomic E-state index is 15.0. The molecule has 7 rings (SSSR count). The number of ketones is 1. The number of aliphatic hydroxyl groups excluding tert-OH is 11. The van der Waals surface area contributed by atoms with Crippen LogP contribution in [0.5, 0.6) is 0 Å². The summed E-state index contributed by atoms with van der Waals surface area (Å²) in [5.41, 5.74) is -2.07. The first-order chi connectivity index (χ1) is 31.2. The quantitative estimate of drug-likeness (QED) is 0.0944. The van der Waals surface area contributed by atoms with Gasteiger partial charge in [-0.2, -0.15) is 0 Å². The van der Waals surface area contributed by atoms with Gasteiger partial charge in [-0.25, -0.2) is 0 Å². The molecule has 24 atom stereocenters. The topological polar surface area (TPSA) is 315 Å². The van der Waals surface area contributed by atoms with E-state index in [9.17, 15) is 61.3 Å². The minimum atomic E-state index is -1.76. The number of carbonyl (C=O) groups excluding carboxylic acids is 1. The second-order valence-corrected chi connectivity index (χ2v) is 22.9. The third-order valence-corrected chi connectivity index (χ3v) is 18.4. The molecule has 0 aromatic heterocycles. The van der Waals surface area contributed by atoms with Gasteiger partial charge in [0.25, 0.3) is 0 Å². The van der Waals surface area contributed by atoms with Gasteiger partial charge < -0.3 is 89.7 Å². The number of allylic oxidation sites excluding steroid dienone is 1. The number of carbonyl (C=O) groups is 1. The SMILES string of the molecule is C[C@H](CC[C@@H](O[C@@H]1O[C@H](COC2O[C@H](CO)[C@@H](O)[C@H](O)[C@H]2O)[C@@H](O)[C@H](O)[C@H]1O)C(C)(C)O)C1CC[C@@]2(C)C3CC=C4C(CC[C@H](O[C@@H]5O[C@H](CO)[C@@H](O)[C@H](O)[C@H]5O)C4(C)C)[C@]3(C)C(=O)C[C@]12C. The van der Waals surface area contributed by atoms with Crippen molar-refractivity contribution in [1.29, 1.82) is 0 Å². The van der Waals surface area contributed by atoms with Crippen molar-refractivity contribution in [3.05, 3.63) is 11.6 Å². The molecule has 3 heterocycles. The van der Waals surface area contributed by atoms with Crippen LogP contribution in [0.3, 0.4) is 0 Å². The van der Waals surface area contributed by atoms with Gasteiger partial charge in [0.05, 0.1) is 37.6 Å². The summed E-state index contributed by atoms with van der Waals surface area (Å²) < 4.78 is 35.3. The van der Waals surface area contributed by atoms with Gasteiger partial charge in [0.1, 0.15) is 79.0 Å². The average molecular weight is 961 g/mol. The number of hydrogen-bond donors (Lipinski definition) is 12. The van der Waals surface area contributed by atoms with Gasteiger partial charge in [-0.3, -0.25) is 4.79 Å². The molecule has 0 aromatic carbocycles. The average Bonchev–Trinajstić information content (AvgIpc) is 3.54. The Morgan fingerprint density at radius 2 is 1.24 bits per heavy atom. The molecule has 6 fully saturated rings. The van der Waals surface area contributed by atoms with Crippen LogP contribution in [0.25, 0.3) is 0 Å². The van der Waals surface area contributed by atoms with E-state index in [1.165, 1.54) is 0 Å². The number of Topliss-reactive ketones (excluding diaryl/α,β-unsaturated/α-hetero) is 1. The second-order valence-electron chi connectivity index (χ2n) is 22.9. The molecule has 3 aliphatic heterocycles. The number of rotatable bonds is 14. The number of aliphatic hydroxyl groups is 12. The van der Waals surface area contributed by atoms with Crippen LogP contribution in [0, 0.1) is 45.3 Å². The predicted octanol–water partition coefficient (Wildman–Crippen LogP) is -0.848. The van der Waals surface area contributed by atoms with Crippen LogP contribution >= 0.6 is 0 Å². The third-order valence-electron chi connectivity index (χ3n) is 18.4. The van der Waals surface area contributed by atoms with Crippen LogP contribution in [0.4, 0.5) is 0 Å². The molecular weight excluding hydrogens is 881 g/mol. The first-order valence-electron chi connectivity index (χ1n) is 24.4. The smallest absolute Gasteiger partial charge is 0.187 e. The van der Waals surface area contributed by atoms with Gasteiger partial charge in [0.2, 0.25) is 0 Å². The highest BCUT2D eigenvalue weighted by Gasteiger charge is 2.70. The highest BCUT2D eigenvalue weighted by Crippen LogP contribution is 2.74. The minimum absolute atomic E-state index is 0.0400. The lowest BCUT2D eigenvalue weighted by atomic mass is 9.38. The zero-order valence-electron chi connectivity index (χ0n) is 40.2. The summed E-state index contributed by atoms with van der Waals surface area (Å²) in [5, 5.41) is 126. The van der Waals surface area contributed by atoms with Gasteiger partial charge in [-0.1, -0.05) is 53.2 Å². The third kappa shape index (κ3) is 9.15. The lowest BCUT2D eigenvalue weighted by Crippen LogP contribution is -2.64. The van der Waals surface area contributed by atoms with Crippen molar-refractivity contribution in [3.8, 4) is 0 Å². The van der Waals surface area contributed by atoms with Crippen LogP contribution in [0.15, 0.2) is 11.6 Å².